The second-order valence-electron chi connectivity index (χ2n) is 5.17. The molecule has 130 valence electrons. The van der Waals surface area contributed by atoms with E-state index >= 15 is 0 Å². The molecule has 24 heavy (non-hydrogen) atoms. The molecule has 0 aliphatic rings. The van der Waals surface area contributed by atoms with Crippen LogP contribution in [0, 0.1) is 0 Å². The maximum Gasteiger partial charge on any atom is 0.237 e. The fourth-order valence-electron chi connectivity index (χ4n) is 1.89. The van der Waals surface area contributed by atoms with E-state index in [1.807, 2.05) is 0 Å². The van der Waals surface area contributed by atoms with E-state index in [0.717, 1.165) is 11.8 Å². The number of amides is 1. The van der Waals surface area contributed by atoms with Crippen LogP contribution in [0.2, 0.25) is 5.02 Å². The quantitative estimate of drug-likeness (QED) is 0.749. The molecule has 0 saturated heterocycles. The van der Waals surface area contributed by atoms with Gasteiger partial charge in [-0.1, -0.05) is 16.8 Å². The standard InChI is InChI=1S/C14H17ClN4O4S/c1-9(19-24(2,21)22)14(20)16-8-7-12-17-13(18-23-12)10-3-5-11(15)6-4-10/h3-6,9,19H,7-8H2,1-2H3,(H,16,20). The summed E-state index contributed by atoms with van der Waals surface area (Å²) < 4.78 is 29.4. The molecule has 0 aliphatic heterocycles. The van der Waals surface area contributed by atoms with Crippen molar-refractivity contribution in [1.82, 2.24) is 20.2 Å². The highest BCUT2D eigenvalue weighted by molar-refractivity contribution is 7.88. The zero-order valence-electron chi connectivity index (χ0n) is 13.1. The molecule has 8 nitrogen and oxygen atoms in total. The largest absolute Gasteiger partial charge is 0.354 e. The number of hydrogen-bond donors (Lipinski definition) is 2. The number of benzene rings is 1. The number of nitrogens with one attached hydrogen (secondary N) is 2. The van der Waals surface area contributed by atoms with E-state index in [-0.39, 0.29) is 6.54 Å². The smallest absolute Gasteiger partial charge is 0.237 e. The lowest BCUT2D eigenvalue weighted by Gasteiger charge is -2.11. The molecule has 1 amide bonds. The monoisotopic (exact) mass is 372 g/mol. The summed E-state index contributed by atoms with van der Waals surface area (Å²) in [5, 5.41) is 7.08. The van der Waals surface area contributed by atoms with Gasteiger partial charge in [-0.05, 0) is 31.2 Å². The molecule has 0 radical (unpaired) electrons. The zero-order chi connectivity index (χ0) is 17.7. The van der Waals surface area contributed by atoms with Crippen molar-refractivity contribution in [2.45, 2.75) is 19.4 Å². The minimum atomic E-state index is -3.44. The highest BCUT2D eigenvalue weighted by atomic mass is 35.5. The van der Waals surface area contributed by atoms with E-state index in [9.17, 15) is 13.2 Å². The lowest BCUT2D eigenvalue weighted by Crippen LogP contribution is -2.44. The van der Waals surface area contributed by atoms with Gasteiger partial charge in [-0.2, -0.15) is 4.98 Å². The summed E-state index contributed by atoms with van der Waals surface area (Å²) in [5.74, 6) is 0.363. The van der Waals surface area contributed by atoms with Gasteiger partial charge in [-0.25, -0.2) is 13.1 Å². The normalized spacial score (nSPS) is 12.8. The Morgan fingerprint density at radius 2 is 2.00 bits per heavy atom. The van der Waals surface area contributed by atoms with Crippen LogP contribution in [-0.2, 0) is 21.2 Å². The predicted molar refractivity (Wildman–Crippen MR) is 88.9 cm³/mol. The van der Waals surface area contributed by atoms with Crippen molar-refractivity contribution in [1.29, 1.82) is 0 Å². The second-order valence-corrected chi connectivity index (χ2v) is 7.39. The molecule has 2 aromatic rings. The minimum Gasteiger partial charge on any atom is -0.354 e. The van der Waals surface area contributed by atoms with Gasteiger partial charge >= 0.3 is 0 Å². The maximum absolute atomic E-state index is 11.8. The molecular weight excluding hydrogens is 356 g/mol. The van der Waals surface area contributed by atoms with Crippen LogP contribution in [0.3, 0.4) is 0 Å². The molecule has 1 heterocycles. The van der Waals surface area contributed by atoms with E-state index in [1.165, 1.54) is 6.92 Å². The van der Waals surface area contributed by atoms with Crippen molar-refractivity contribution in [2.24, 2.45) is 0 Å². The first-order valence-corrected chi connectivity index (χ1v) is 9.35. The van der Waals surface area contributed by atoms with E-state index in [0.29, 0.717) is 23.2 Å². The van der Waals surface area contributed by atoms with Crippen LogP contribution >= 0.6 is 11.6 Å². The number of hydrogen-bond acceptors (Lipinski definition) is 6. The van der Waals surface area contributed by atoms with Gasteiger partial charge in [-0.3, -0.25) is 4.79 Å². The number of nitrogens with zero attached hydrogens (tertiary/aromatic N) is 2. The van der Waals surface area contributed by atoms with E-state index < -0.39 is 22.0 Å². The summed E-state index contributed by atoms with van der Waals surface area (Å²) in [5.41, 5.74) is 0.768. The number of rotatable bonds is 7. The summed E-state index contributed by atoms with van der Waals surface area (Å²) in [6.07, 6.45) is 1.32. The first-order valence-electron chi connectivity index (χ1n) is 7.08. The number of sulfonamides is 1. The molecule has 1 aromatic heterocycles. The molecule has 1 unspecified atom stereocenters. The van der Waals surface area contributed by atoms with Crippen molar-refractivity contribution in [2.75, 3.05) is 12.8 Å². The molecule has 0 bridgehead atoms. The zero-order valence-corrected chi connectivity index (χ0v) is 14.7. The topological polar surface area (TPSA) is 114 Å². The molecule has 2 rings (SSSR count). The third-order valence-electron chi connectivity index (χ3n) is 2.99. The lowest BCUT2D eigenvalue weighted by molar-refractivity contribution is -0.122. The average Bonchev–Trinajstić information content (AvgIpc) is 2.95. The molecule has 1 aromatic carbocycles. The van der Waals surface area contributed by atoms with Crippen LogP contribution < -0.4 is 10.0 Å². The number of carbonyl (C=O) groups excluding carboxylic acids is 1. The summed E-state index contributed by atoms with van der Waals surface area (Å²) in [6.45, 7) is 1.71. The van der Waals surface area contributed by atoms with Crippen LogP contribution in [0.1, 0.15) is 12.8 Å². The van der Waals surface area contributed by atoms with Crippen LogP contribution in [0.5, 0.6) is 0 Å². The van der Waals surface area contributed by atoms with Crippen molar-refractivity contribution in [3.8, 4) is 11.4 Å². The summed E-state index contributed by atoms with van der Waals surface area (Å²) >= 11 is 5.82. The molecule has 0 spiro atoms. The Morgan fingerprint density at radius 1 is 1.33 bits per heavy atom. The van der Waals surface area contributed by atoms with Gasteiger partial charge in [0, 0.05) is 23.6 Å². The Bertz CT molecular complexity index is 804. The Labute approximate surface area is 144 Å². The second kappa shape index (κ2) is 7.73. The van der Waals surface area contributed by atoms with Crippen LogP contribution in [-0.4, -0.2) is 43.3 Å². The summed E-state index contributed by atoms with van der Waals surface area (Å²) in [4.78, 5) is 16.0. The SMILES string of the molecule is CC(NS(C)(=O)=O)C(=O)NCCc1nc(-c2ccc(Cl)cc2)no1. The molecule has 0 saturated carbocycles. The van der Waals surface area contributed by atoms with Gasteiger partial charge in [0.1, 0.15) is 0 Å². The molecule has 1 atom stereocenters. The van der Waals surface area contributed by atoms with Crippen LogP contribution in [0.4, 0.5) is 0 Å². The van der Waals surface area contributed by atoms with Crippen molar-refractivity contribution in [3.05, 3.63) is 35.2 Å². The lowest BCUT2D eigenvalue weighted by atomic mass is 10.2. The third kappa shape index (κ3) is 5.59. The summed E-state index contributed by atoms with van der Waals surface area (Å²) in [7, 11) is -3.44. The van der Waals surface area contributed by atoms with Crippen molar-refractivity contribution in [3.63, 3.8) is 0 Å². The molecule has 10 heteroatoms. The molecular formula is C14H17ClN4O4S. The van der Waals surface area contributed by atoms with Gasteiger partial charge in [0.05, 0.1) is 12.3 Å². The van der Waals surface area contributed by atoms with E-state index in [1.54, 1.807) is 24.3 Å². The highest BCUT2D eigenvalue weighted by Crippen LogP contribution is 2.18. The highest BCUT2D eigenvalue weighted by Gasteiger charge is 2.16. The summed E-state index contributed by atoms with van der Waals surface area (Å²) in [6, 6.07) is 6.15. The fourth-order valence-corrected chi connectivity index (χ4v) is 2.77. The Kier molecular flexibility index (Phi) is 5.92. The first-order chi connectivity index (χ1) is 11.2. The minimum absolute atomic E-state index is 0.247. The fraction of sp³-hybridized carbons (Fsp3) is 0.357. The van der Waals surface area contributed by atoms with Crippen LogP contribution in [0.25, 0.3) is 11.4 Å². The molecule has 0 fully saturated rings. The Hall–Kier alpha value is -1.97. The molecule has 0 aliphatic carbocycles. The van der Waals surface area contributed by atoms with E-state index in [4.69, 9.17) is 16.1 Å². The van der Waals surface area contributed by atoms with Gasteiger partial charge in [0.15, 0.2) is 0 Å². The van der Waals surface area contributed by atoms with Gasteiger partial charge in [0.2, 0.25) is 27.6 Å². The maximum atomic E-state index is 11.8. The first kappa shape index (κ1) is 18.4. The average molecular weight is 373 g/mol. The van der Waals surface area contributed by atoms with Crippen molar-refractivity contribution < 1.29 is 17.7 Å². The molecule has 2 N–H and O–H groups in total. The van der Waals surface area contributed by atoms with Crippen LogP contribution in [0.15, 0.2) is 28.8 Å². The third-order valence-corrected chi connectivity index (χ3v) is 4.03. The van der Waals surface area contributed by atoms with E-state index in [2.05, 4.69) is 20.2 Å². The predicted octanol–water partition coefficient (Wildman–Crippen LogP) is 0.986. The Balaban J connectivity index is 1.85. The van der Waals surface area contributed by atoms with Gasteiger partial charge in [-0.15, -0.1) is 0 Å². The van der Waals surface area contributed by atoms with Gasteiger partial charge in [0.25, 0.3) is 0 Å². The number of carbonyl (C=O) groups is 1. The number of halogens is 1. The number of aromatic nitrogens is 2. The van der Waals surface area contributed by atoms with Gasteiger partial charge < -0.3 is 9.84 Å². The Morgan fingerprint density at radius 3 is 2.62 bits per heavy atom. The van der Waals surface area contributed by atoms with Crippen molar-refractivity contribution >= 4 is 27.5 Å².